The molecule has 6 nitrogen and oxygen atoms in total. The summed E-state index contributed by atoms with van der Waals surface area (Å²) in [5.41, 5.74) is -5.29. The van der Waals surface area contributed by atoms with Crippen LogP contribution in [-0.4, -0.2) is 38.6 Å². The molecule has 0 spiro atoms. The van der Waals surface area contributed by atoms with Gasteiger partial charge in [-0.2, -0.15) is 26.3 Å². The lowest BCUT2D eigenvalue weighted by atomic mass is 9.92. The van der Waals surface area contributed by atoms with Crippen LogP contribution in [0.25, 0.3) is 16.6 Å². The van der Waals surface area contributed by atoms with E-state index in [1.165, 1.54) is 6.07 Å². The lowest BCUT2D eigenvalue weighted by Crippen LogP contribution is -2.53. The molecule has 0 aliphatic heterocycles. The summed E-state index contributed by atoms with van der Waals surface area (Å²) in [6.45, 7) is 0.263. The number of benzene rings is 3. The summed E-state index contributed by atoms with van der Waals surface area (Å²) in [7, 11) is 0. The SMILES string of the molecule is O=c1c2cc(OCCc3ccccn3)ccc2nc(Cc2ccccc2)n1-c1ccc(C(O)(C(F)(F)F)C(F)(F)F)cc1. The average Bonchev–Trinajstić information content (AvgIpc) is 2.97. The Kier molecular flexibility index (Phi) is 7.98. The first-order chi connectivity index (χ1) is 20.4. The van der Waals surface area contributed by atoms with Crippen molar-refractivity contribution in [3.8, 4) is 11.4 Å². The van der Waals surface area contributed by atoms with Gasteiger partial charge in [0, 0.05) is 30.3 Å². The summed E-state index contributed by atoms with van der Waals surface area (Å²) in [5, 5.41) is 9.91. The first-order valence-electron chi connectivity index (χ1n) is 13.0. The van der Waals surface area contributed by atoms with Crippen LogP contribution in [0.1, 0.15) is 22.6 Å². The van der Waals surface area contributed by atoms with Crippen molar-refractivity contribution < 1.29 is 36.2 Å². The second-order valence-electron chi connectivity index (χ2n) is 9.68. The maximum atomic E-state index is 13.8. The summed E-state index contributed by atoms with van der Waals surface area (Å²) in [5.74, 6) is 0.558. The molecule has 222 valence electrons. The van der Waals surface area contributed by atoms with Crippen molar-refractivity contribution in [3.63, 3.8) is 0 Å². The van der Waals surface area contributed by atoms with Crippen LogP contribution >= 0.6 is 0 Å². The quantitative estimate of drug-likeness (QED) is 0.212. The lowest BCUT2D eigenvalue weighted by Gasteiger charge is -2.32. The zero-order valence-corrected chi connectivity index (χ0v) is 22.2. The third-order valence-corrected chi connectivity index (χ3v) is 6.83. The molecule has 0 saturated heterocycles. The van der Waals surface area contributed by atoms with Gasteiger partial charge in [0.1, 0.15) is 11.6 Å². The van der Waals surface area contributed by atoms with Crippen molar-refractivity contribution in [2.45, 2.75) is 30.8 Å². The van der Waals surface area contributed by atoms with E-state index in [1.54, 1.807) is 54.7 Å². The second-order valence-corrected chi connectivity index (χ2v) is 9.68. The number of rotatable bonds is 8. The number of aliphatic hydroxyl groups is 1. The highest BCUT2D eigenvalue weighted by molar-refractivity contribution is 5.79. The van der Waals surface area contributed by atoms with Gasteiger partial charge in [-0.3, -0.25) is 14.3 Å². The molecule has 0 atom stereocenters. The van der Waals surface area contributed by atoms with E-state index in [4.69, 9.17) is 4.74 Å². The maximum absolute atomic E-state index is 13.8. The van der Waals surface area contributed by atoms with Gasteiger partial charge in [-0.1, -0.05) is 48.5 Å². The van der Waals surface area contributed by atoms with E-state index < -0.39 is 29.1 Å². The van der Waals surface area contributed by atoms with E-state index >= 15 is 0 Å². The number of hydrogen-bond donors (Lipinski definition) is 1. The number of aromatic nitrogens is 3. The molecule has 0 bridgehead atoms. The Morgan fingerprint density at radius 2 is 1.49 bits per heavy atom. The number of fused-ring (bicyclic) bond motifs is 1. The van der Waals surface area contributed by atoms with Gasteiger partial charge in [0.25, 0.3) is 11.2 Å². The number of ether oxygens (including phenoxy) is 1. The third-order valence-electron chi connectivity index (χ3n) is 6.83. The Balaban J connectivity index is 1.57. The van der Waals surface area contributed by atoms with Crippen LogP contribution in [0.2, 0.25) is 0 Å². The molecule has 2 aromatic heterocycles. The molecule has 12 heteroatoms. The van der Waals surface area contributed by atoms with Gasteiger partial charge in [0.05, 0.1) is 23.2 Å². The molecule has 0 amide bonds. The monoisotopic (exact) mass is 599 g/mol. The van der Waals surface area contributed by atoms with Gasteiger partial charge in [-0.25, -0.2) is 4.98 Å². The van der Waals surface area contributed by atoms with Gasteiger partial charge in [0.2, 0.25) is 0 Å². The third kappa shape index (κ3) is 5.96. The molecule has 0 saturated carbocycles. The minimum atomic E-state index is -6.04. The van der Waals surface area contributed by atoms with Gasteiger partial charge >= 0.3 is 12.4 Å². The van der Waals surface area contributed by atoms with E-state index in [9.17, 15) is 36.2 Å². The number of hydrogen-bond acceptors (Lipinski definition) is 5. The largest absolute Gasteiger partial charge is 0.493 e. The van der Waals surface area contributed by atoms with E-state index in [0.29, 0.717) is 29.8 Å². The molecule has 43 heavy (non-hydrogen) atoms. The topological polar surface area (TPSA) is 77.2 Å². The van der Waals surface area contributed by atoms with Crippen molar-refractivity contribution in [2.75, 3.05) is 6.61 Å². The normalized spacial score (nSPS) is 12.4. The summed E-state index contributed by atoms with van der Waals surface area (Å²) in [6, 6.07) is 21.9. The fraction of sp³-hybridized carbons (Fsp3) is 0.194. The summed E-state index contributed by atoms with van der Waals surface area (Å²) < 4.78 is 87.5. The maximum Gasteiger partial charge on any atom is 0.430 e. The minimum Gasteiger partial charge on any atom is -0.493 e. The molecule has 0 fully saturated rings. The second kappa shape index (κ2) is 11.5. The Hall–Kier alpha value is -4.71. The molecule has 5 aromatic rings. The predicted molar refractivity (Wildman–Crippen MR) is 146 cm³/mol. The molecule has 2 heterocycles. The fourth-order valence-electron chi connectivity index (χ4n) is 4.62. The molecule has 0 aliphatic carbocycles. The van der Waals surface area contributed by atoms with Crippen LogP contribution in [-0.2, 0) is 18.4 Å². The van der Waals surface area contributed by atoms with Crippen LogP contribution in [0.4, 0.5) is 26.3 Å². The smallest absolute Gasteiger partial charge is 0.430 e. The van der Waals surface area contributed by atoms with Crippen LogP contribution in [0.5, 0.6) is 5.75 Å². The molecule has 1 N–H and O–H groups in total. The summed E-state index contributed by atoms with van der Waals surface area (Å²) in [4.78, 5) is 22.7. The first kappa shape index (κ1) is 29.8. The van der Waals surface area contributed by atoms with Gasteiger partial charge in [0.15, 0.2) is 0 Å². The standard InChI is InChI=1S/C31H23F6N3O3/c32-30(33,34)29(42,31(35,36)37)21-9-11-23(12-10-21)40-27(18-20-6-2-1-3-7-20)39-26-14-13-24(19-25(26)28(40)41)43-17-15-22-8-4-5-16-38-22/h1-14,16,19,42H,15,17-18H2. The predicted octanol–water partition coefficient (Wildman–Crippen LogP) is 6.31. The number of halogens is 6. The van der Waals surface area contributed by atoms with Crippen molar-refractivity contribution in [3.05, 3.63) is 130 Å². The Bertz CT molecular complexity index is 1760. The fourth-order valence-corrected chi connectivity index (χ4v) is 4.62. The zero-order valence-electron chi connectivity index (χ0n) is 22.2. The van der Waals surface area contributed by atoms with Gasteiger partial charge < -0.3 is 9.84 Å². The van der Waals surface area contributed by atoms with Gasteiger partial charge in [-0.05, 0) is 48.0 Å². The highest BCUT2D eigenvalue weighted by Crippen LogP contribution is 2.50. The van der Waals surface area contributed by atoms with Crippen molar-refractivity contribution in [1.82, 2.24) is 14.5 Å². The van der Waals surface area contributed by atoms with Crippen molar-refractivity contribution in [2.24, 2.45) is 0 Å². The highest BCUT2D eigenvalue weighted by atomic mass is 19.4. The number of nitrogens with zero attached hydrogens (tertiary/aromatic N) is 3. The first-order valence-corrected chi connectivity index (χ1v) is 13.0. The summed E-state index contributed by atoms with van der Waals surface area (Å²) in [6.07, 6.45) is -9.79. The zero-order chi connectivity index (χ0) is 30.8. The van der Waals surface area contributed by atoms with Gasteiger partial charge in [-0.15, -0.1) is 0 Å². The van der Waals surface area contributed by atoms with Crippen LogP contribution in [0, 0.1) is 0 Å². The number of pyridine rings is 1. The molecule has 0 unspecified atom stereocenters. The van der Waals surface area contributed by atoms with Crippen molar-refractivity contribution >= 4 is 10.9 Å². The average molecular weight is 600 g/mol. The van der Waals surface area contributed by atoms with Crippen LogP contribution < -0.4 is 10.3 Å². The van der Waals surface area contributed by atoms with Crippen LogP contribution in [0.15, 0.2) is 102 Å². The van der Waals surface area contributed by atoms with Crippen molar-refractivity contribution in [1.29, 1.82) is 0 Å². The van der Waals surface area contributed by atoms with E-state index in [-0.39, 0.29) is 29.9 Å². The summed E-state index contributed by atoms with van der Waals surface area (Å²) >= 11 is 0. The Morgan fingerprint density at radius 1 is 0.814 bits per heavy atom. The Labute approximate surface area is 240 Å². The Morgan fingerprint density at radius 3 is 2.12 bits per heavy atom. The molecule has 5 rings (SSSR count). The lowest BCUT2D eigenvalue weighted by molar-refractivity contribution is -0.376. The van der Waals surface area contributed by atoms with E-state index in [0.717, 1.165) is 28.0 Å². The molecule has 0 aliphatic rings. The number of alkyl halides is 6. The molecular formula is C31H23F6N3O3. The molecular weight excluding hydrogens is 576 g/mol. The van der Waals surface area contributed by atoms with Crippen LogP contribution in [0.3, 0.4) is 0 Å². The minimum absolute atomic E-state index is 0.0396. The molecule has 3 aromatic carbocycles. The van der Waals surface area contributed by atoms with E-state index in [1.807, 2.05) is 12.1 Å². The molecule has 0 radical (unpaired) electrons. The van der Waals surface area contributed by atoms with E-state index in [2.05, 4.69) is 9.97 Å². The highest BCUT2D eigenvalue weighted by Gasteiger charge is 2.71.